The Kier molecular flexibility index (Phi) is 9.89. The van der Waals surface area contributed by atoms with Gasteiger partial charge in [-0.25, -0.2) is 0 Å². The molecule has 0 N–H and O–H groups in total. The number of nitrogens with zero attached hydrogens (tertiary/aromatic N) is 1. The van der Waals surface area contributed by atoms with Crippen molar-refractivity contribution in [2.75, 3.05) is 4.90 Å². The van der Waals surface area contributed by atoms with E-state index in [1.807, 2.05) is 12.1 Å². The zero-order chi connectivity index (χ0) is 43.8. The van der Waals surface area contributed by atoms with Crippen LogP contribution in [0.3, 0.4) is 0 Å². The Bertz CT molecular complexity index is 3670. The first-order valence-electron chi connectivity index (χ1n) is 22.6. The van der Waals surface area contributed by atoms with Gasteiger partial charge in [0.25, 0.3) is 0 Å². The second kappa shape index (κ2) is 16.8. The van der Waals surface area contributed by atoms with Gasteiger partial charge >= 0.3 is 0 Å². The van der Waals surface area contributed by atoms with Gasteiger partial charge in [-0.2, -0.15) is 0 Å². The Balaban J connectivity index is 0.987. The molecule has 310 valence electrons. The summed E-state index contributed by atoms with van der Waals surface area (Å²) in [7, 11) is 0. The van der Waals surface area contributed by atoms with Gasteiger partial charge in [-0.15, -0.1) is 0 Å². The predicted molar refractivity (Wildman–Crippen MR) is 279 cm³/mol. The molecule has 0 amide bonds. The number of furan rings is 1. The molecule has 0 aliphatic carbocycles. The minimum Gasteiger partial charge on any atom is -0.455 e. The lowest BCUT2D eigenvalue weighted by atomic mass is 9.88. The van der Waals surface area contributed by atoms with E-state index in [2.05, 4.69) is 254 Å². The fraction of sp³-hybridized carbons (Fsp3) is 0. The van der Waals surface area contributed by atoms with Crippen LogP contribution in [0.5, 0.6) is 0 Å². The van der Waals surface area contributed by atoms with E-state index in [0.29, 0.717) is 0 Å². The first kappa shape index (κ1) is 38.9. The maximum Gasteiger partial charge on any atom is 0.143 e. The van der Waals surface area contributed by atoms with E-state index in [1.54, 1.807) is 0 Å². The summed E-state index contributed by atoms with van der Waals surface area (Å²) in [6.07, 6.45) is 0. The molecule has 0 aliphatic heterocycles. The van der Waals surface area contributed by atoms with E-state index in [1.165, 1.54) is 55.3 Å². The van der Waals surface area contributed by atoms with Gasteiger partial charge in [-0.3, -0.25) is 0 Å². The smallest absolute Gasteiger partial charge is 0.143 e. The van der Waals surface area contributed by atoms with Gasteiger partial charge in [0.1, 0.15) is 11.2 Å². The molecule has 0 spiro atoms. The standard InChI is InChI=1S/C64H43NO/c1-2-16-44(17-3-1)45-32-34-47(35-33-45)54-21-6-7-22-56(54)57-23-8-9-24-58(57)59-25-10-12-30-62(59)65(50-40-36-48(37-41-50)53-27-14-19-46-18-4-5-20-52(46)53)51-42-38-49(39-43-51)55-28-15-29-61-60-26-11-13-31-63(60)66-64(55)61/h1-43H. The Morgan fingerprint density at radius 3 is 1.39 bits per heavy atom. The van der Waals surface area contributed by atoms with Gasteiger partial charge in [0.15, 0.2) is 0 Å². The first-order valence-corrected chi connectivity index (χ1v) is 22.6. The van der Waals surface area contributed by atoms with Gasteiger partial charge in [-0.05, 0) is 103 Å². The molecule has 1 heterocycles. The molecule has 11 aromatic carbocycles. The summed E-state index contributed by atoms with van der Waals surface area (Å²) >= 11 is 0. The zero-order valence-corrected chi connectivity index (χ0v) is 36.2. The highest BCUT2D eigenvalue weighted by atomic mass is 16.3. The van der Waals surface area contributed by atoms with Gasteiger partial charge in [-0.1, -0.05) is 224 Å². The number of para-hydroxylation sites is 3. The van der Waals surface area contributed by atoms with Crippen LogP contribution in [0.15, 0.2) is 265 Å². The molecule has 0 bridgehead atoms. The van der Waals surface area contributed by atoms with Gasteiger partial charge in [0.05, 0.1) is 5.69 Å². The Labute approximate surface area is 384 Å². The van der Waals surface area contributed by atoms with Crippen molar-refractivity contribution in [1.29, 1.82) is 0 Å². The maximum absolute atomic E-state index is 6.49. The fourth-order valence-corrected chi connectivity index (χ4v) is 9.75. The zero-order valence-electron chi connectivity index (χ0n) is 36.2. The molecule has 0 saturated carbocycles. The second-order valence-electron chi connectivity index (χ2n) is 16.8. The molecule has 12 rings (SSSR count). The second-order valence-corrected chi connectivity index (χ2v) is 16.8. The van der Waals surface area contributed by atoms with Crippen molar-refractivity contribution in [3.63, 3.8) is 0 Å². The maximum atomic E-state index is 6.49. The van der Waals surface area contributed by atoms with Crippen molar-refractivity contribution in [2.45, 2.75) is 0 Å². The molecule has 2 heteroatoms. The lowest BCUT2D eigenvalue weighted by molar-refractivity contribution is 0.670. The number of fused-ring (bicyclic) bond motifs is 4. The molecular formula is C64H43NO. The average molecular weight is 842 g/mol. The summed E-state index contributed by atoms with van der Waals surface area (Å²) < 4.78 is 6.49. The Hall–Kier alpha value is -8.72. The van der Waals surface area contributed by atoms with Crippen LogP contribution < -0.4 is 4.90 Å². The van der Waals surface area contributed by atoms with Crippen LogP contribution in [0.4, 0.5) is 17.1 Å². The summed E-state index contributed by atoms with van der Waals surface area (Å²) in [5.74, 6) is 0. The molecule has 0 radical (unpaired) electrons. The SMILES string of the molecule is c1ccc(-c2ccc(-c3ccccc3-c3ccccc3-c3ccccc3N(c3ccc(-c4cccc5ccccc45)cc3)c3ccc(-c4cccc5c4oc4ccccc45)cc3)cc2)cc1. The lowest BCUT2D eigenvalue weighted by Crippen LogP contribution is -2.11. The summed E-state index contributed by atoms with van der Waals surface area (Å²) in [4.78, 5) is 2.40. The van der Waals surface area contributed by atoms with Gasteiger partial charge in [0.2, 0.25) is 0 Å². The van der Waals surface area contributed by atoms with Crippen LogP contribution in [0.1, 0.15) is 0 Å². The normalized spacial score (nSPS) is 11.3. The van der Waals surface area contributed by atoms with Crippen LogP contribution in [0, 0.1) is 0 Å². The molecule has 1 aromatic heterocycles. The molecule has 0 aliphatic rings. The summed E-state index contributed by atoms with van der Waals surface area (Å²) in [6.45, 7) is 0. The van der Waals surface area contributed by atoms with Crippen LogP contribution in [-0.2, 0) is 0 Å². The van der Waals surface area contributed by atoms with Crippen molar-refractivity contribution in [1.82, 2.24) is 0 Å². The molecule has 0 fully saturated rings. The van der Waals surface area contributed by atoms with Crippen LogP contribution in [0.25, 0.3) is 99.5 Å². The highest BCUT2D eigenvalue weighted by Crippen LogP contribution is 2.46. The third-order valence-corrected chi connectivity index (χ3v) is 12.9. The lowest BCUT2D eigenvalue weighted by Gasteiger charge is -2.29. The largest absolute Gasteiger partial charge is 0.455 e. The predicted octanol–water partition coefficient (Wildman–Crippen LogP) is 18.2. The van der Waals surface area contributed by atoms with E-state index in [-0.39, 0.29) is 0 Å². The van der Waals surface area contributed by atoms with E-state index >= 15 is 0 Å². The molecule has 0 unspecified atom stereocenters. The Morgan fingerprint density at radius 1 is 0.242 bits per heavy atom. The molecule has 66 heavy (non-hydrogen) atoms. The highest BCUT2D eigenvalue weighted by Gasteiger charge is 2.21. The molecule has 0 atom stereocenters. The third kappa shape index (κ3) is 7.02. The first-order chi connectivity index (χ1) is 32.7. The Morgan fingerprint density at radius 2 is 0.667 bits per heavy atom. The monoisotopic (exact) mass is 841 g/mol. The average Bonchev–Trinajstić information content (AvgIpc) is 3.79. The third-order valence-electron chi connectivity index (χ3n) is 12.9. The number of anilines is 3. The molecular weight excluding hydrogens is 799 g/mol. The number of benzene rings is 11. The van der Waals surface area contributed by atoms with Crippen molar-refractivity contribution in [2.24, 2.45) is 0 Å². The van der Waals surface area contributed by atoms with Crippen LogP contribution in [-0.4, -0.2) is 0 Å². The number of hydrogen-bond donors (Lipinski definition) is 0. The summed E-state index contributed by atoms with van der Waals surface area (Å²) in [5.41, 5.74) is 19.0. The van der Waals surface area contributed by atoms with Gasteiger partial charge in [0, 0.05) is 33.3 Å². The van der Waals surface area contributed by atoms with Crippen molar-refractivity contribution < 1.29 is 4.42 Å². The van der Waals surface area contributed by atoms with E-state index in [0.717, 1.165) is 61.3 Å². The minimum absolute atomic E-state index is 0.898. The van der Waals surface area contributed by atoms with E-state index in [4.69, 9.17) is 4.42 Å². The fourth-order valence-electron chi connectivity index (χ4n) is 9.75. The number of rotatable bonds is 9. The van der Waals surface area contributed by atoms with Crippen LogP contribution in [0.2, 0.25) is 0 Å². The van der Waals surface area contributed by atoms with Gasteiger partial charge < -0.3 is 9.32 Å². The van der Waals surface area contributed by atoms with E-state index in [9.17, 15) is 0 Å². The summed E-state index contributed by atoms with van der Waals surface area (Å²) in [6, 6.07) is 93.9. The van der Waals surface area contributed by atoms with Crippen LogP contribution >= 0.6 is 0 Å². The van der Waals surface area contributed by atoms with Crippen molar-refractivity contribution >= 4 is 49.8 Å². The molecule has 0 saturated heterocycles. The summed E-state index contributed by atoms with van der Waals surface area (Å²) in [5, 5.41) is 4.73. The van der Waals surface area contributed by atoms with E-state index < -0.39 is 0 Å². The van der Waals surface area contributed by atoms with Crippen molar-refractivity contribution in [3.8, 4) is 66.8 Å². The topological polar surface area (TPSA) is 16.4 Å². The molecule has 2 nitrogen and oxygen atoms in total. The quantitative estimate of drug-likeness (QED) is 0.144. The van der Waals surface area contributed by atoms with Crippen molar-refractivity contribution in [3.05, 3.63) is 261 Å². The minimum atomic E-state index is 0.898. The highest BCUT2D eigenvalue weighted by molar-refractivity contribution is 6.09. The molecule has 12 aromatic rings. The number of hydrogen-bond acceptors (Lipinski definition) is 2.